The number of benzene rings is 1. The first-order chi connectivity index (χ1) is 16.6. The number of nitrogens with one attached hydrogen (secondary N) is 1. The molecule has 0 amide bonds. The van der Waals surface area contributed by atoms with Crippen molar-refractivity contribution in [2.75, 3.05) is 13.1 Å². The van der Waals surface area contributed by atoms with Crippen molar-refractivity contribution in [3.63, 3.8) is 0 Å². The fraction of sp³-hybridized carbons (Fsp3) is 0.435. The molecule has 1 unspecified atom stereocenters. The van der Waals surface area contributed by atoms with Crippen molar-refractivity contribution in [2.24, 2.45) is 11.8 Å². The molecule has 8 nitrogen and oxygen atoms in total. The summed E-state index contributed by atoms with van der Waals surface area (Å²) in [6.45, 7) is -1.64. The predicted molar refractivity (Wildman–Crippen MR) is 119 cm³/mol. The number of fused-ring (bicyclic) bond motifs is 1. The first-order valence-electron chi connectivity index (χ1n) is 11.4. The summed E-state index contributed by atoms with van der Waals surface area (Å²) < 4.78 is 73.6. The number of hydrogen-bond acceptors (Lipinski definition) is 6. The first kappa shape index (κ1) is 22.6. The van der Waals surface area contributed by atoms with Gasteiger partial charge in [-0.05, 0) is 72.9 Å². The maximum atomic E-state index is 13.1. The van der Waals surface area contributed by atoms with Gasteiger partial charge in [0, 0.05) is 18.3 Å². The number of nitrogens with zero attached hydrogens (tertiary/aromatic N) is 4. The van der Waals surface area contributed by atoms with Crippen LogP contribution in [0.2, 0.25) is 0 Å². The molecule has 2 aliphatic carbocycles. The van der Waals surface area contributed by atoms with Crippen LogP contribution in [0, 0.1) is 11.8 Å². The van der Waals surface area contributed by atoms with E-state index in [4.69, 9.17) is 4.42 Å². The van der Waals surface area contributed by atoms with E-state index in [2.05, 4.69) is 19.9 Å². The Kier molecular flexibility index (Phi) is 5.07. The highest BCUT2D eigenvalue weighted by Crippen LogP contribution is 2.50. The topological polar surface area (TPSA) is 101 Å². The van der Waals surface area contributed by atoms with Crippen molar-refractivity contribution in [2.45, 2.75) is 37.4 Å². The van der Waals surface area contributed by atoms with Gasteiger partial charge in [0.15, 0.2) is 0 Å². The molecule has 3 atom stereocenters. The molecule has 1 saturated carbocycles. The quantitative estimate of drug-likeness (QED) is 0.586. The molecule has 2 fully saturated rings. The monoisotopic (exact) mass is 505 g/mol. The Morgan fingerprint density at radius 1 is 1.06 bits per heavy atom. The highest BCUT2D eigenvalue weighted by molar-refractivity contribution is 7.87. The Balaban J connectivity index is 1.30. The van der Waals surface area contributed by atoms with Crippen molar-refractivity contribution in [1.29, 1.82) is 0 Å². The Labute approximate surface area is 199 Å². The minimum atomic E-state index is -4.60. The van der Waals surface area contributed by atoms with Gasteiger partial charge in [-0.1, -0.05) is 12.1 Å². The molecule has 6 rings (SSSR count). The normalized spacial score (nSPS) is 27.7. The zero-order valence-corrected chi connectivity index (χ0v) is 19.3. The third-order valence-electron chi connectivity index (χ3n) is 7.47. The lowest BCUT2D eigenvalue weighted by Gasteiger charge is -2.33. The molecule has 35 heavy (non-hydrogen) atoms. The van der Waals surface area contributed by atoms with Crippen molar-refractivity contribution >= 4 is 10.2 Å². The molecule has 3 aliphatic rings. The van der Waals surface area contributed by atoms with E-state index in [0.29, 0.717) is 34.6 Å². The van der Waals surface area contributed by atoms with Gasteiger partial charge in [-0.15, -0.1) is 10.2 Å². The third-order valence-corrected chi connectivity index (χ3v) is 9.04. The summed E-state index contributed by atoms with van der Waals surface area (Å²) in [6.07, 6.45) is -0.285. The zero-order chi connectivity index (χ0) is 24.4. The van der Waals surface area contributed by atoms with Gasteiger partial charge >= 0.3 is 6.18 Å². The Bertz CT molecular complexity index is 1380. The lowest BCUT2D eigenvalue weighted by Crippen LogP contribution is -2.52. The van der Waals surface area contributed by atoms with E-state index in [1.54, 1.807) is 18.3 Å². The van der Waals surface area contributed by atoms with Gasteiger partial charge in [0.05, 0.1) is 5.54 Å². The molecule has 3 heterocycles. The molecule has 1 saturated heterocycles. The fourth-order valence-electron chi connectivity index (χ4n) is 5.91. The molecule has 2 aromatic heterocycles. The minimum Gasteiger partial charge on any atom is -0.415 e. The number of halogens is 3. The largest absolute Gasteiger partial charge is 0.415 e. The van der Waals surface area contributed by atoms with Gasteiger partial charge in [0.2, 0.25) is 5.89 Å². The van der Waals surface area contributed by atoms with Crippen LogP contribution in [0.4, 0.5) is 13.2 Å². The van der Waals surface area contributed by atoms with Crippen LogP contribution < -0.4 is 4.72 Å². The third kappa shape index (κ3) is 3.93. The smallest absolute Gasteiger partial charge is 0.402 e. The SMILES string of the molecule is O=S1(=O)N[C@@]2(CN1CC(F)(F)F)C1CC[C@H]2Cc2ccc(-c3nnc(-c4ccccn4)o3)cc2C1. The Morgan fingerprint density at radius 3 is 2.51 bits per heavy atom. The van der Waals surface area contributed by atoms with Gasteiger partial charge in [0.25, 0.3) is 16.1 Å². The maximum Gasteiger partial charge on any atom is 0.402 e. The van der Waals surface area contributed by atoms with E-state index in [9.17, 15) is 21.6 Å². The van der Waals surface area contributed by atoms with E-state index in [-0.39, 0.29) is 18.4 Å². The summed E-state index contributed by atoms with van der Waals surface area (Å²) in [5.74, 6) is 0.463. The summed E-state index contributed by atoms with van der Waals surface area (Å²) in [6, 6.07) is 11.2. The molecule has 184 valence electrons. The van der Waals surface area contributed by atoms with Crippen LogP contribution in [0.25, 0.3) is 23.0 Å². The fourth-order valence-corrected chi connectivity index (χ4v) is 7.62. The molecule has 3 aromatic rings. The molecular weight excluding hydrogens is 483 g/mol. The average molecular weight is 506 g/mol. The lowest BCUT2D eigenvalue weighted by atomic mass is 9.79. The standard InChI is InChI=1S/C23H22F3N5O3S/c24-23(25,26)13-31-12-22(30-35(31,32)33)17-6-7-18(22)11-16-9-15(5-4-14(16)10-17)20-28-29-21(34-20)19-3-1-2-8-27-19/h1-5,8-9,17-18,30H,6-7,10-13H2/t17-,18?,22+/m0/s1. The summed E-state index contributed by atoms with van der Waals surface area (Å²) in [5, 5.41) is 8.25. The van der Waals surface area contributed by atoms with Gasteiger partial charge in [-0.3, -0.25) is 4.98 Å². The van der Waals surface area contributed by atoms with E-state index in [1.807, 2.05) is 24.3 Å². The van der Waals surface area contributed by atoms with Crippen LogP contribution in [0.1, 0.15) is 24.0 Å². The zero-order valence-electron chi connectivity index (χ0n) is 18.5. The number of pyridine rings is 1. The van der Waals surface area contributed by atoms with Gasteiger partial charge in [-0.2, -0.15) is 30.6 Å². The molecule has 2 bridgehead atoms. The summed E-state index contributed by atoms with van der Waals surface area (Å²) in [4.78, 5) is 4.22. The summed E-state index contributed by atoms with van der Waals surface area (Å²) >= 11 is 0. The highest BCUT2D eigenvalue weighted by atomic mass is 32.2. The van der Waals surface area contributed by atoms with Crippen LogP contribution in [0.5, 0.6) is 0 Å². The molecule has 1 aromatic carbocycles. The number of hydrogen-bond donors (Lipinski definition) is 1. The molecule has 1 aliphatic heterocycles. The molecular formula is C23H22F3N5O3S. The Morgan fingerprint density at radius 2 is 1.80 bits per heavy atom. The number of aromatic nitrogens is 3. The second kappa shape index (κ2) is 7.84. The second-order valence-electron chi connectivity index (χ2n) is 9.52. The van der Waals surface area contributed by atoms with Crippen LogP contribution in [-0.2, 0) is 23.1 Å². The van der Waals surface area contributed by atoms with E-state index < -0.39 is 28.5 Å². The van der Waals surface area contributed by atoms with Gasteiger partial charge in [0.1, 0.15) is 12.2 Å². The van der Waals surface area contributed by atoms with Crippen molar-refractivity contribution in [3.05, 3.63) is 53.7 Å². The molecule has 1 N–H and O–H groups in total. The minimum absolute atomic E-state index is 0.0771. The molecule has 0 radical (unpaired) electrons. The van der Waals surface area contributed by atoms with Crippen LogP contribution in [0.3, 0.4) is 0 Å². The molecule has 1 spiro atoms. The van der Waals surface area contributed by atoms with Crippen molar-refractivity contribution in [1.82, 2.24) is 24.2 Å². The van der Waals surface area contributed by atoms with Gasteiger partial charge < -0.3 is 4.42 Å². The van der Waals surface area contributed by atoms with Crippen molar-refractivity contribution in [3.8, 4) is 23.0 Å². The van der Waals surface area contributed by atoms with E-state index in [0.717, 1.165) is 29.5 Å². The average Bonchev–Trinajstić information content (AvgIpc) is 3.43. The predicted octanol–water partition coefficient (Wildman–Crippen LogP) is 3.37. The molecule has 12 heteroatoms. The summed E-state index contributed by atoms with van der Waals surface area (Å²) in [5.41, 5.74) is 2.49. The second-order valence-corrected chi connectivity index (χ2v) is 11.2. The van der Waals surface area contributed by atoms with Crippen LogP contribution in [0.15, 0.2) is 47.0 Å². The maximum absolute atomic E-state index is 13.1. The van der Waals surface area contributed by atoms with Crippen molar-refractivity contribution < 1.29 is 26.0 Å². The van der Waals surface area contributed by atoms with Gasteiger partial charge in [-0.25, -0.2) is 0 Å². The number of alkyl halides is 3. The van der Waals surface area contributed by atoms with Crippen LogP contribution in [-0.4, -0.2) is 52.7 Å². The lowest BCUT2D eigenvalue weighted by molar-refractivity contribution is -0.136. The first-order valence-corrected chi connectivity index (χ1v) is 12.8. The van der Waals surface area contributed by atoms with E-state index in [1.165, 1.54) is 0 Å². The van der Waals surface area contributed by atoms with Crippen LogP contribution >= 0.6 is 0 Å². The Hall–Kier alpha value is -2.83. The highest BCUT2D eigenvalue weighted by Gasteiger charge is 2.60. The summed E-state index contributed by atoms with van der Waals surface area (Å²) in [7, 11) is -4.21. The van der Waals surface area contributed by atoms with E-state index >= 15 is 0 Å². The number of rotatable bonds is 3.